The highest BCUT2D eigenvalue weighted by Crippen LogP contribution is 2.29. The first kappa shape index (κ1) is 21.2. The van der Waals surface area contributed by atoms with Gasteiger partial charge in [0.05, 0.1) is 19.4 Å². The topological polar surface area (TPSA) is 44.2 Å². The summed E-state index contributed by atoms with van der Waals surface area (Å²) in [6, 6.07) is 10.5. The van der Waals surface area contributed by atoms with E-state index in [0.717, 1.165) is 42.2 Å². The molecular weight excluding hydrogens is 336 g/mol. The minimum atomic E-state index is 0.429. The van der Waals surface area contributed by atoms with Gasteiger partial charge < -0.3 is 9.47 Å². The van der Waals surface area contributed by atoms with Crippen LogP contribution in [0.3, 0.4) is 0 Å². The summed E-state index contributed by atoms with van der Waals surface area (Å²) in [6.45, 7) is 8.06. The normalized spacial score (nSPS) is 12.0. The molecular formula is C23H34N2O2. The van der Waals surface area contributed by atoms with E-state index in [1.165, 1.54) is 25.7 Å². The third-order valence-corrected chi connectivity index (χ3v) is 4.81. The van der Waals surface area contributed by atoms with E-state index in [4.69, 9.17) is 9.47 Å². The van der Waals surface area contributed by atoms with Crippen LogP contribution < -0.4 is 9.47 Å². The summed E-state index contributed by atoms with van der Waals surface area (Å²) in [5, 5.41) is 0. The Morgan fingerprint density at radius 1 is 0.926 bits per heavy atom. The Hall–Kier alpha value is -2.10. The lowest BCUT2D eigenvalue weighted by atomic mass is 10.0. The molecule has 0 saturated carbocycles. The number of unbranched alkanes of at least 4 members (excludes halogenated alkanes) is 3. The molecule has 1 unspecified atom stereocenters. The molecule has 4 heteroatoms. The van der Waals surface area contributed by atoms with Crippen LogP contribution in [0.1, 0.15) is 65.7 Å². The van der Waals surface area contributed by atoms with Gasteiger partial charge in [0, 0.05) is 5.56 Å². The molecule has 0 spiro atoms. The summed E-state index contributed by atoms with van der Waals surface area (Å²) in [5.41, 5.74) is 1.82. The first-order valence-corrected chi connectivity index (χ1v) is 10.4. The first-order valence-electron chi connectivity index (χ1n) is 10.4. The maximum Gasteiger partial charge on any atom is 0.317 e. The minimum Gasteiger partial charge on any atom is -0.490 e. The molecule has 1 aromatic heterocycles. The summed E-state index contributed by atoms with van der Waals surface area (Å²) in [7, 11) is 0. The van der Waals surface area contributed by atoms with Crippen molar-refractivity contribution in [3.8, 4) is 23.0 Å². The van der Waals surface area contributed by atoms with Crippen molar-refractivity contribution >= 4 is 0 Å². The fraction of sp³-hybridized carbons (Fsp3) is 0.565. The Balaban J connectivity index is 1.93. The molecule has 0 aliphatic heterocycles. The van der Waals surface area contributed by atoms with Gasteiger partial charge >= 0.3 is 6.01 Å². The van der Waals surface area contributed by atoms with Crippen LogP contribution in [-0.4, -0.2) is 23.2 Å². The average molecular weight is 371 g/mol. The van der Waals surface area contributed by atoms with Crippen molar-refractivity contribution in [2.45, 2.75) is 65.7 Å². The molecule has 0 saturated heterocycles. The van der Waals surface area contributed by atoms with Crippen LogP contribution in [0.5, 0.6) is 11.8 Å². The van der Waals surface area contributed by atoms with Gasteiger partial charge in [0.25, 0.3) is 0 Å². The number of ether oxygens (including phenoxy) is 2. The third kappa shape index (κ3) is 7.58. The van der Waals surface area contributed by atoms with Crippen molar-refractivity contribution in [3.05, 3.63) is 36.5 Å². The van der Waals surface area contributed by atoms with Gasteiger partial charge in [-0.05, 0) is 18.8 Å². The van der Waals surface area contributed by atoms with Crippen LogP contribution in [-0.2, 0) is 0 Å². The summed E-state index contributed by atoms with van der Waals surface area (Å²) in [4.78, 5) is 8.97. The highest BCUT2D eigenvalue weighted by atomic mass is 16.5. The smallest absolute Gasteiger partial charge is 0.317 e. The Kier molecular flexibility index (Phi) is 9.67. The highest BCUT2D eigenvalue weighted by molar-refractivity contribution is 5.65. The second kappa shape index (κ2) is 12.3. The predicted molar refractivity (Wildman–Crippen MR) is 111 cm³/mol. The zero-order valence-corrected chi connectivity index (χ0v) is 17.1. The summed E-state index contributed by atoms with van der Waals surface area (Å²) < 4.78 is 11.7. The van der Waals surface area contributed by atoms with Crippen LogP contribution >= 0.6 is 0 Å². The fourth-order valence-electron chi connectivity index (χ4n) is 2.80. The van der Waals surface area contributed by atoms with E-state index in [-0.39, 0.29) is 0 Å². The second-order valence-corrected chi connectivity index (χ2v) is 7.14. The fourth-order valence-corrected chi connectivity index (χ4v) is 2.80. The van der Waals surface area contributed by atoms with Crippen LogP contribution in [0.15, 0.2) is 36.5 Å². The molecule has 1 aromatic carbocycles. The van der Waals surface area contributed by atoms with Crippen LogP contribution in [0.25, 0.3) is 11.3 Å². The third-order valence-electron chi connectivity index (χ3n) is 4.81. The molecule has 0 N–H and O–H groups in total. The first-order chi connectivity index (χ1) is 13.2. The zero-order valence-electron chi connectivity index (χ0n) is 17.1. The Morgan fingerprint density at radius 3 is 2.44 bits per heavy atom. The van der Waals surface area contributed by atoms with Crippen molar-refractivity contribution in [2.75, 3.05) is 13.2 Å². The monoisotopic (exact) mass is 370 g/mol. The van der Waals surface area contributed by atoms with E-state index < -0.39 is 0 Å². The second-order valence-electron chi connectivity index (χ2n) is 7.14. The van der Waals surface area contributed by atoms with E-state index >= 15 is 0 Å². The van der Waals surface area contributed by atoms with Crippen molar-refractivity contribution in [2.24, 2.45) is 5.92 Å². The van der Waals surface area contributed by atoms with Gasteiger partial charge in [0.2, 0.25) is 0 Å². The summed E-state index contributed by atoms with van der Waals surface area (Å²) in [5.74, 6) is 1.54. The Bertz CT molecular complexity index is 646. The number of hydrogen-bond acceptors (Lipinski definition) is 4. The number of nitrogens with zero attached hydrogens (tertiary/aromatic N) is 2. The molecule has 2 aromatic rings. The summed E-state index contributed by atoms with van der Waals surface area (Å²) >= 11 is 0. The average Bonchev–Trinajstić information content (AvgIpc) is 2.71. The lowest BCUT2D eigenvalue weighted by molar-refractivity contribution is 0.274. The SMILES string of the molecule is CCCCOc1cnc(OCCCCCC(C)CC)nc1-c1ccccc1. The molecule has 0 radical (unpaired) electrons. The van der Waals surface area contributed by atoms with E-state index in [0.29, 0.717) is 19.2 Å². The molecule has 27 heavy (non-hydrogen) atoms. The van der Waals surface area contributed by atoms with Gasteiger partial charge in [-0.15, -0.1) is 0 Å². The molecule has 1 atom stereocenters. The molecule has 0 fully saturated rings. The standard InChI is InChI=1S/C23H34N2O2/c1-4-6-16-26-21-18-24-23(25-22(21)20-14-10-7-11-15-20)27-17-12-8-9-13-19(3)5-2/h7,10-11,14-15,18-19H,4-6,8-9,12-13,16-17H2,1-3H3. The van der Waals surface area contributed by atoms with Gasteiger partial charge in [-0.2, -0.15) is 9.97 Å². The van der Waals surface area contributed by atoms with E-state index in [9.17, 15) is 0 Å². The molecule has 1 heterocycles. The quantitative estimate of drug-likeness (QED) is 0.388. The lowest BCUT2D eigenvalue weighted by Crippen LogP contribution is -2.05. The number of rotatable bonds is 13. The van der Waals surface area contributed by atoms with E-state index in [1.807, 2.05) is 30.3 Å². The molecule has 148 valence electrons. The van der Waals surface area contributed by atoms with Crippen LogP contribution in [0.2, 0.25) is 0 Å². The van der Waals surface area contributed by atoms with Crippen molar-refractivity contribution in [1.29, 1.82) is 0 Å². The molecule has 0 aliphatic rings. The lowest BCUT2D eigenvalue weighted by Gasteiger charge is -2.12. The molecule has 0 bridgehead atoms. The summed E-state index contributed by atoms with van der Waals surface area (Å²) in [6.07, 6.45) is 9.91. The van der Waals surface area contributed by atoms with E-state index in [1.54, 1.807) is 6.20 Å². The van der Waals surface area contributed by atoms with Gasteiger partial charge in [-0.25, -0.2) is 0 Å². The van der Waals surface area contributed by atoms with Gasteiger partial charge in [-0.3, -0.25) is 0 Å². The molecule has 4 nitrogen and oxygen atoms in total. The van der Waals surface area contributed by atoms with Crippen molar-refractivity contribution < 1.29 is 9.47 Å². The molecule has 0 amide bonds. The molecule has 2 rings (SSSR count). The number of aromatic nitrogens is 2. The van der Waals surface area contributed by atoms with Gasteiger partial charge in [0.1, 0.15) is 5.69 Å². The zero-order chi connectivity index (χ0) is 19.3. The van der Waals surface area contributed by atoms with Crippen LogP contribution in [0.4, 0.5) is 0 Å². The van der Waals surface area contributed by atoms with Crippen molar-refractivity contribution in [3.63, 3.8) is 0 Å². The maximum atomic E-state index is 5.90. The van der Waals surface area contributed by atoms with Crippen LogP contribution in [0, 0.1) is 5.92 Å². The Morgan fingerprint density at radius 2 is 1.70 bits per heavy atom. The number of hydrogen-bond donors (Lipinski definition) is 0. The van der Waals surface area contributed by atoms with Gasteiger partial charge in [0.15, 0.2) is 5.75 Å². The Labute approximate surface area is 164 Å². The minimum absolute atomic E-state index is 0.429. The maximum absolute atomic E-state index is 5.90. The predicted octanol–water partition coefficient (Wildman–Crippen LogP) is 6.31. The highest BCUT2D eigenvalue weighted by Gasteiger charge is 2.11. The van der Waals surface area contributed by atoms with Gasteiger partial charge in [-0.1, -0.05) is 83.2 Å². The largest absolute Gasteiger partial charge is 0.490 e. The van der Waals surface area contributed by atoms with Crippen molar-refractivity contribution in [1.82, 2.24) is 9.97 Å². The van der Waals surface area contributed by atoms with E-state index in [2.05, 4.69) is 30.7 Å². The number of benzene rings is 1. The molecule has 0 aliphatic carbocycles.